The third-order valence-electron chi connectivity index (χ3n) is 5.61. The molecule has 2 aromatic rings. The van der Waals surface area contributed by atoms with Crippen LogP contribution in [-0.4, -0.2) is 63.7 Å². The molecule has 0 radical (unpaired) electrons. The molecule has 1 saturated heterocycles. The second kappa shape index (κ2) is 11.8. The van der Waals surface area contributed by atoms with Gasteiger partial charge in [0.15, 0.2) is 11.5 Å². The number of amides is 2. The number of methoxy groups -OCH3 is 3. The Morgan fingerprint density at radius 3 is 2.15 bits per heavy atom. The molecule has 1 aliphatic rings. The lowest BCUT2D eigenvalue weighted by Crippen LogP contribution is -2.47. The number of likely N-dealkylation sites (tertiary alicyclic amines) is 1. The molecule has 2 aromatic carbocycles. The molecule has 3 rings (SSSR count). The third kappa shape index (κ3) is 6.76. The van der Waals surface area contributed by atoms with Gasteiger partial charge < -0.3 is 24.8 Å². The highest BCUT2D eigenvalue weighted by Crippen LogP contribution is 2.38. The van der Waals surface area contributed by atoms with E-state index < -0.39 is 5.91 Å². The molecule has 0 aliphatic carbocycles. The molecule has 0 bridgehead atoms. The van der Waals surface area contributed by atoms with E-state index in [1.807, 2.05) is 24.3 Å². The molecule has 1 aliphatic heterocycles. The van der Waals surface area contributed by atoms with E-state index in [1.165, 1.54) is 26.9 Å². The third-order valence-corrected chi connectivity index (χ3v) is 5.86. The van der Waals surface area contributed by atoms with Gasteiger partial charge in [0.2, 0.25) is 11.7 Å². The van der Waals surface area contributed by atoms with Crippen LogP contribution in [-0.2, 0) is 11.3 Å². The van der Waals surface area contributed by atoms with Crippen molar-refractivity contribution in [1.29, 1.82) is 0 Å². The first-order valence-corrected chi connectivity index (χ1v) is 11.2. The van der Waals surface area contributed by atoms with E-state index in [-0.39, 0.29) is 18.5 Å². The van der Waals surface area contributed by atoms with Crippen LogP contribution < -0.4 is 24.8 Å². The number of piperidine rings is 1. The maximum Gasteiger partial charge on any atom is 0.251 e. The zero-order valence-electron chi connectivity index (χ0n) is 19.2. The average molecular weight is 476 g/mol. The van der Waals surface area contributed by atoms with Crippen molar-refractivity contribution in [2.45, 2.75) is 25.4 Å². The number of hydrogen-bond donors (Lipinski definition) is 2. The van der Waals surface area contributed by atoms with Crippen LogP contribution in [0.4, 0.5) is 0 Å². The van der Waals surface area contributed by atoms with Gasteiger partial charge in [-0.2, -0.15) is 0 Å². The zero-order valence-corrected chi connectivity index (χ0v) is 19.9. The summed E-state index contributed by atoms with van der Waals surface area (Å²) in [7, 11) is 4.45. The van der Waals surface area contributed by atoms with Crippen LogP contribution in [0.25, 0.3) is 0 Å². The molecule has 178 valence electrons. The Balaban J connectivity index is 1.45. The van der Waals surface area contributed by atoms with Crippen LogP contribution in [0.2, 0.25) is 5.02 Å². The standard InChI is InChI=1S/C24H30ClN3O5/c1-31-20-12-17(13-21(32-2)23(20)33-3)24(30)26-14-22(29)27-19-8-10-28(11-9-19)15-16-4-6-18(25)7-5-16/h4-7,12-13,19H,8-11,14-15H2,1-3H3,(H,26,30)(H,27,29). The van der Waals surface area contributed by atoms with Gasteiger partial charge in [-0.15, -0.1) is 0 Å². The molecule has 0 atom stereocenters. The van der Waals surface area contributed by atoms with E-state index in [9.17, 15) is 9.59 Å². The van der Waals surface area contributed by atoms with Crippen molar-refractivity contribution in [1.82, 2.24) is 15.5 Å². The van der Waals surface area contributed by atoms with Crippen molar-refractivity contribution >= 4 is 23.4 Å². The summed E-state index contributed by atoms with van der Waals surface area (Å²) in [6.45, 7) is 2.54. The molecule has 1 heterocycles. The van der Waals surface area contributed by atoms with Gasteiger partial charge in [0.25, 0.3) is 5.91 Å². The lowest BCUT2D eigenvalue weighted by atomic mass is 10.0. The van der Waals surface area contributed by atoms with Gasteiger partial charge in [0, 0.05) is 36.3 Å². The average Bonchev–Trinajstić information content (AvgIpc) is 2.84. The maximum absolute atomic E-state index is 12.6. The van der Waals surface area contributed by atoms with Crippen molar-refractivity contribution in [2.24, 2.45) is 0 Å². The minimum Gasteiger partial charge on any atom is -0.493 e. The van der Waals surface area contributed by atoms with Crippen LogP contribution >= 0.6 is 11.6 Å². The topological polar surface area (TPSA) is 89.1 Å². The van der Waals surface area contributed by atoms with E-state index in [4.69, 9.17) is 25.8 Å². The highest BCUT2D eigenvalue weighted by atomic mass is 35.5. The summed E-state index contributed by atoms with van der Waals surface area (Å²) in [6, 6.07) is 11.1. The molecule has 0 aromatic heterocycles. The van der Waals surface area contributed by atoms with Crippen molar-refractivity contribution in [3.63, 3.8) is 0 Å². The van der Waals surface area contributed by atoms with Gasteiger partial charge >= 0.3 is 0 Å². The maximum atomic E-state index is 12.6. The summed E-state index contributed by atoms with van der Waals surface area (Å²) in [6.07, 6.45) is 1.72. The fourth-order valence-corrected chi connectivity index (χ4v) is 3.96. The minimum atomic E-state index is -0.401. The Morgan fingerprint density at radius 1 is 1.00 bits per heavy atom. The number of benzene rings is 2. The Bertz CT molecular complexity index is 934. The number of carbonyl (C=O) groups is 2. The highest BCUT2D eigenvalue weighted by Gasteiger charge is 2.22. The SMILES string of the molecule is COc1cc(C(=O)NCC(=O)NC2CCN(Cc3ccc(Cl)cc3)CC2)cc(OC)c1OC. The number of ether oxygens (including phenoxy) is 3. The monoisotopic (exact) mass is 475 g/mol. The molecule has 9 heteroatoms. The Morgan fingerprint density at radius 2 is 1.61 bits per heavy atom. The van der Waals surface area contributed by atoms with Crippen molar-refractivity contribution in [3.05, 3.63) is 52.5 Å². The molecule has 0 unspecified atom stereocenters. The first-order valence-electron chi connectivity index (χ1n) is 10.8. The summed E-state index contributed by atoms with van der Waals surface area (Å²) in [5.41, 5.74) is 1.53. The van der Waals surface area contributed by atoms with Crippen LogP contribution in [0.15, 0.2) is 36.4 Å². The van der Waals surface area contributed by atoms with Crippen molar-refractivity contribution in [2.75, 3.05) is 41.0 Å². The van der Waals surface area contributed by atoms with Gasteiger partial charge in [-0.05, 0) is 42.7 Å². The van der Waals surface area contributed by atoms with E-state index in [0.29, 0.717) is 22.8 Å². The Kier molecular flexibility index (Phi) is 8.79. The Hall–Kier alpha value is -2.97. The minimum absolute atomic E-state index is 0.0945. The van der Waals surface area contributed by atoms with Gasteiger partial charge in [-0.25, -0.2) is 0 Å². The van der Waals surface area contributed by atoms with Crippen molar-refractivity contribution in [3.8, 4) is 17.2 Å². The first kappa shape index (κ1) is 24.7. The van der Waals surface area contributed by atoms with Crippen LogP contribution in [0.1, 0.15) is 28.8 Å². The molecule has 2 N–H and O–H groups in total. The predicted molar refractivity (Wildman–Crippen MR) is 126 cm³/mol. The molecule has 1 fully saturated rings. The fraction of sp³-hybridized carbons (Fsp3) is 0.417. The number of rotatable bonds is 9. The number of halogens is 1. The van der Waals surface area contributed by atoms with Crippen molar-refractivity contribution < 1.29 is 23.8 Å². The quantitative estimate of drug-likeness (QED) is 0.579. The first-order chi connectivity index (χ1) is 15.9. The number of nitrogens with zero attached hydrogens (tertiary/aromatic N) is 1. The molecule has 2 amide bonds. The Labute approximate surface area is 199 Å². The summed E-state index contributed by atoms with van der Waals surface area (Å²) in [4.78, 5) is 27.3. The van der Waals surface area contributed by atoms with Gasteiger partial charge in [0.05, 0.1) is 27.9 Å². The molecule has 0 spiro atoms. The van der Waals surface area contributed by atoms with Crippen LogP contribution in [0.5, 0.6) is 17.2 Å². The van der Waals surface area contributed by atoms with Gasteiger partial charge in [0.1, 0.15) is 0 Å². The molecule has 8 nitrogen and oxygen atoms in total. The van der Waals surface area contributed by atoms with E-state index in [0.717, 1.165) is 37.5 Å². The molecule has 0 saturated carbocycles. The van der Waals surface area contributed by atoms with E-state index in [1.54, 1.807) is 12.1 Å². The predicted octanol–water partition coefficient (Wildman–Crippen LogP) is 2.88. The summed E-state index contributed by atoms with van der Waals surface area (Å²) in [5, 5.41) is 6.40. The normalized spacial score (nSPS) is 14.4. The number of nitrogens with one attached hydrogen (secondary N) is 2. The smallest absolute Gasteiger partial charge is 0.251 e. The van der Waals surface area contributed by atoms with E-state index in [2.05, 4.69) is 15.5 Å². The molecular weight excluding hydrogens is 446 g/mol. The summed E-state index contributed by atoms with van der Waals surface area (Å²) >= 11 is 5.95. The fourth-order valence-electron chi connectivity index (χ4n) is 3.84. The lowest BCUT2D eigenvalue weighted by molar-refractivity contribution is -0.121. The van der Waals surface area contributed by atoms with Gasteiger partial charge in [-0.1, -0.05) is 23.7 Å². The highest BCUT2D eigenvalue weighted by molar-refractivity contribution is 6.30. The largest absolute Gasteiger partial charge is 0.493 e. The van der Waals surface area contributed by atoms with Crippen LogP contribution in [0, 0.1) is 0 Å². The lowest BCUT2D eigenvalue weighted by Gasteiger charge is -2.32. The number of carbonyl (C=O) groups excluding carboxylic acids is 2. The van der Waals surface area contributed by atoms with Crippen LogP contribution in [0.3, 0.4) is 0 Å². The second-order valence-electron chi connectivity index (χ2n) is 7.84. The molecular formula is C24H30ClN3O5. The zero-order chi connectivity index (χ0) is 23.8. The van der Waals surface area contributed by atoms with Gasteiger partial charge in [-0.3, -0.25) is 14.5 Å². The van der Waals surface area contributed by atoms with E-state index >= 15 is 0 Å². The number of hydrogen-bond acceptors (Lipinski definition) is 6. The summed E-state index contributed by atoms with van der Waals surface area (Å²) < 4.78 is 15.8. The molecule has 33 heavy (non-hydrogen) atoms. The second-order valence-corrected chi connectivity index (χ2v) is 8.28. The summed E-state index contributed by atoms with van der Waals surface area (Å²) in [5.74, 6) is 0.527.